The fourth-order valence-electron chi connectivity index (χ4n) is 2.13. The Morgan fingerprint density at radius 1 is 1.61 bits per heavy atom. The fraction of sp³-hybridized carbons (Fsp3) is 0.615. The van der Waals surface area contributed by atoms with E-state index in [4.69, 9.17) is 10.5 Å². The Morgan fingerprint density at radius 2 is 2.39 bits per heavy atom. The molecule has 1 unspecified atom stereocenters. The lowest BCUT2D eigenvalue weighted by Crippen LogP contribution is -2.36. The predicted molar refractivity (Wildman–Crippen MR) is 74.0 cm³/mol. The van der Waals surface area contributed by atoms with Crippen LogP contribution in [0.4, 0.5) is 5.69 Å². The van der Waals surface area contributed by atoms with Crippen molar-refractivity contribution in [3.63, 3.8) is 0 Å². The zero-order valence-electron chi connectivity index (χ0n) is 10.9. The van der Waals surface area contributed by atoms with E-state index in [0.717, 1.165) is 24.3 Å². The highest BCUT2D eigenvalue weighted by atomic mass is 32.1. The minimum absolute atomic E-state index is 0.0361. The van der Waals surface area contributed by atoms with Gasteiger partial charge >= 0.3 is 0 Å². The van der Waals surface area contributed by atoms with E-state index in [9.17, 15) is 4.79 Å². The van der Waals surface area contributed by atoms with Crippen molar-refractivity contribution in [2.45, 2.75) is 32.3 Å². The first-order chi connectivity index (χ1) is 8.58. The number of carbonyl (C=O) groups excluding carboxylic acids is 1. The number of likely N-dealkylation sites (N-methyl/N-ethyl adjacent to an activating group) is 1. The molecule has 4 nitrogen and oxygen atoms in total. The van der Waals surface area contributed by atoms with Crippen LogP contribution >= 0.6 is 11.3 Å². The molecule has 1 amide bonds. The molecule has 100 valence electrons. The highest BCUT2D eigenvalue weighted by Crippen LogP contribution is 2.24. The smallest absolute Gasteiger partial charge is 0.263 e. The summed E-state index contributed by atoms with van der Waals surface area (Å²) in [6.45, 7) is 3.41. The third kappa shape index (κ3) is 3.03. The van der Waals surface area contributed by atoms with Gasteiger partial charge in [-0.3, -0.25) is 4.79 Å². The Kier molecular flexibility index (Phi) is 4.24. The topological polar surface area (TPSA) is 55.6 Å². The van der Waals surface area contributed by atoms with Crippen LogP contribution in [0.5, 0.6) is 0 Å². The van der Waals surface area contributed by atoms with Gasteiger partial charge in [0, 0.05) is 30.8 Å². The van der Waals surface area contributed by atoms with Gasteiger partial charge in [-0.2, -0.15) is 0 Å². The Bertz CT molecular complexity index is 405. The average Bonchev–Trinajstić information content (AvgIpc) is 2.70. The van der Waals surface area contributed by atoms with Gasteiger partial charge in [0.2, 0.25) is 0 Å². The average molecular weight is 268 g/mol. The van der Waals surface area contributed by atoms with E-state index in [2.05, 4.69) is 0 Å². The number of hydrogen-bond donors (Lipinski definition) is 1. The molecule has 1 aliphatic heterocycles. The van der Waals surface area contributed by atoms with Gasteiger partial charge in [0.05, 0.1) is 11.0 Å². The third-order valence-electron chi connectivity index (χ3n) is 3.27. The van der Waals surface area contributed by atoms with Crippen molar-refractivity contribution in [2.75, 3.05) is 25.9 Å². The summed E-state index contributed by atoms with van der Waals surface area (Å²) >= 11 is 1.46. The molecule has 1 aromatic heterocycles. The van der Waals surface area contributed by atoms with Gasteiger partial charge in [-0.25, -0.2) is 0 Å². The first-order valence-electron chi connectivity index (χ1n) is 6.31. The van der Waals surface area contributed by atoms with Crippen molar-refractivity contribution in [1.82, 2.24) is 4.90 Å². The summed E-state index contributed by atoms with van der Waals surface area (Å²) in [4.78, 5) is 15.7. The highest BCUT2D eigenvalue weighted by molar-refractivity contribution is 7.14. The fourth-order valence-corrected chi connectivity index (χ4v) is 3.07. The normalized spacial score (nSPS) is 19.8. The van der Waals surface area contributed by atoms with Crippen LogP contribution in [0.1, 0.15) is 33.8 Å². The van der Waals surface area contributed by atoms with Crippen LogP contribution in [0.25, 0.3) is 0 Å². The molecule has 0 bridgehead atoms. The van der Waals surface area contributed by atoms with Crippen LogP contribution in [0.15, 0.2) is 6.07 Å². The maximum atomic E-state index is 12.2. The zero-order chi connectivity index (χ0) is 13.1. The number of aryl methyl sites for hydroxylation is 1. The summed E-state index contributed by atoms with van der Waals surface area (Å²) in [5.74, 6) is 0.0361. The summed E-state index contributed by atoms with van der Waals surface area (Å²) in [5, 5.41) is 0. The lowest BCUT2D eigenvalue weighted by atomic mass is 10.1. The molecule has 1 fully saturated rings. The number of nitrogens with zero attached hydrogens (tertiary/aromatic N) is 1. The van der Waals surface area contributed by atoms with Gasteiger partial charge < -0.3 is 15.4 Å². The minimum atomic E-state index is 0.0361. The predicted octanol–water partition coefficient (Wildman–Crippen LogP) is 2.28. The number of amides is 1. The van der Waals surface area contributed by atoms with Crippen LogP contribution in [-0.2, 0) is 4.74 Å². The summed E-state index contributed by atoms with van der Waals surface area (Å²) < 4.78 is 5.65. The summed E-state index contributed by atoms with van der Waals surface area (Å²) in [6, 6.07) is 1.76. The Hall–Kier alpha value is -1.07. The molecule has 5 heteroatoms. The Labute approximate surface area is 112 Å². The van der Waals surface area contributed by atoms with Gasteiger partial charge in [-0.05, 0) is 32.3 Å². The number of ether oxygens (including phenoxy) is 1. The number of carbonyl (C=O) groups is 1. The number of thiophene rings is 1. The molecule has 0 radical (unpaired) electrons. The van der Waals surface area contributed by atoms with E-state index in [-0.39, 0.29) is 12.0 Å². The molecule has 1 atom stereocenters. The second-order valence-corrected chi connectivity index (χ2v) is 6.05. The van der Waals surface area contributed by atoms with E-state index in [1.165, 1.54) is 17.8 Å². The number of anilines is 1. The van der Waals surface area contributed by atoms with Gasteiger partial charge in [-0.1, -0.05) is 0 Å². The second-order valence-electron chi connectivity index (χ2n) is 4.80. The Morgan fingerprint density at radius 3 is 2.94 bits per heavy atom. The molecular formula is C13H20N2O2S. The molecule has 1 aromatic rings. The molecular weight excluding hydrogens is 248 g/mol. The van der Waals surface area contributed by atoms with Crippen molar-refractivity contribution in [3.05, 3.63) is 15.8 Å². The molecule has 2 rings (SSSR count). The lowest BCUT2D eigenvalue weighted by Gasteiger charge is -2.27. The molecule has 18 heavy (non-hydrogen) atoms. The van der Waals surface area contributed by atoms with Crippen LogP contribution in [0.3, 0.4) is 0 Å². The Balaban J connectivity index is 1.95. The van der Waals surface area contributed by atoms with Crippen molar-refractivity contribution >= 4 is 22.9 Å². The van der Waals surface area contributed by atoms with E-state index in [1.54, 1.807) is 11.0 Å². The van der Waals surface area contributed by atoms with Gasteiger partial charge in [-0.15, -0.1) is 11.3 Å². The SMILES string of the molecule is Cc1sc(C(=O)N(C)CC2CCCCO2)cc1N. The van der Waals surface area contributed by atoms with Crippen LogP contribution in [-0.4, -0.2) is 37.1 Å². The lowest BCUT2D eigenvalue weighted by molar-refractivity contribution is -0.0000988. The van der Waals surface area contributed by atoms with Crippen LogP contribution < -0.4 is 5.73 Å². The summed E-state index contributed by atoms with van der Waals surface area (Å²) in [5.41, 5.74) is 6.48. The highest BCUT2D eigenvalue weighted by Gasteiger charge is 2.21. The molecule has 1 aliphatic rings. The molecule has 0 saturated carbocycles. The monoisotopic (exact) mass is 268 g/mol. The minimum Gasteiger partial charge on any atom is -0.398 e. The summed E-state index contributed by atoms with van der Waals surface area (Å²) in [6.07, 6.45) is 3.56. The molecule has 2 N–H and O–H groups in total. The first-order valence-corrected chi connectivity index (χ1v) is 7.12. The van der Waals surface area contributed by atoms with E-state index >= 15 is 0 Å². The number of rotatable bonds is 3. The van der Waals surface area contributed by atoms with Crippen LogP contribution in [0, 0.1) is 6.92 Å². The van der Waals surface area contributed by atoms with E-state index < -0.39 is 0 Å². The van der Waals surface area contributed by atoms with Crippen LogP contribution in [0.2, 0.25) is 0 Å². The number of hydrogen-bond acceptors (Lipinski definition) is 4. The van der Waals surface area contributed by atoms with Crippen molar-refractivity contribution < 1.29 is 9.53 Å². The zero-order valence-corrected chi connectivity index (χ0v) is 11.8. The van der Waals surface area contributed by atoms with Gasteiger partial charge in [0.1, 0.15) is 0 Å². The number of nitrogens with two attached hydrogens (primary N) is 1. The van der Waals surface area contributed by atoms with E-state index in [0.29, 0.717) is 17.1 Å². The van der Waals surface area contributed by atoms with Crippen molar-refractivity contribution in [2.24, 2.45) is 0 Å². The first kappa shape index (κ1) is 13.4. The molecule has 2 heterocycles. The van der Waals surface area contributed by atoms with Crippen molar-refractivity contribution in [1.29, 1.82) is 0 Å². The largest absolute Gasteiger partial charge is 0.398 e. The van der Waals surface area contributed by atoms with Gasteiger partial charge in [0.25, 0.3) is 5.91 Å². The molecule has 0 aromatic carbocycles. The van der Waals surface area contributed by atoms with Crippen molar-refractivity contribution in [3.8, 4) is 0 Å². The maximum absolute atomic E-state index is 12.2. The molecule has 0 spiro atoms. The third-order valence-corrected chi connectivity index (χ3v) is 4.32. The second kappa shape index (κ2) is 5.71. The number of nitrogen functional groups attached to an aromatic ring is 1. The molecule has 1 saturated heterocycles. The standard InChI is InChI=1S/C13H20N2O2S/c1-9-11(14)7-12(18-9)13(16)15(2)8-10-5-3-4-6-17-10/h7,10H,3-6,8,14H2,1-2H3. The van der Waals surface area contributed by atoms with E-state index in [1.807, 2.05) is 14.0 Å². The molecule has 0 aliphatic carbocycles. The summed E-state index contributed by atoms with van der Waals surface area (Å²) in [7, 11) is 1.82. The maximum Gasteiger partial charge on any atom is 0.263 e. The quantitative estimate of drug-likeness (QED) is 0.915. The van der Waals surface area contributed by atoms with Gasteiger partial charge in [0.15, 0.2) is 0 Å².